The number of hydrogen-bond donors (Lipinski definition) is 1. The summed E-state index contributed by atoms with van der Waals surface area (Å²) in [6, 6.07) is 5.47. The van der Waals surface area contributed by atoms with Crippen LogP contribution in [0.25, 0.3) is 15.5 Å². The van der Waals surface area contributed by atoms with Crippen molar-refractivity contribution >= 4 is 22.0 Å². The van der Waals surface area contributed by atoms with Crippen molar-refractivity contribution in [2.24, 2.45) is 0 Å². The average Bonchev–Trinajstić information content (AvgIpc) is 3.01. The maximum Gasteiger partial charge on any atom is 0.235 e. The summed E-state index contributed by atoms with van der Waals surface area (Å²) >= 11 is 1.43. The predicted octanol–water partition coefficient (Wildman–Crippen LogP) is 1.59. The standard InChI is InChI=1S/C12H13N5O2S/c1-18-6-10-14-15-12-17(10)16-11(20-12)8-4-3-7(13)5-9(8)19-2/h3-5H,6,13H2,1-2H3. The van der Waals surface area contributed by atoms with Crippen LogP contribution in [0.2, 0.25) is 0 Å². The van der Waals surface area contributed by atoms with Crippen LogP contribution >= 0.6 is 11.3 Å². The summed E-state index contributed by atoms with van der Waals surface area (Å²) in [6.07, 6.45) is 0. The minimum absolute atomic E-state index is 0.364. The quantitative estimate of drug-likeness (QED) is 0.734. The number of nitrogens with two attached hydrogens (primary N) is 1. The summed E-state index contributed by atoms with van der Waals surface area (Å²) in [5.74, 6) is 1.35. The molecule has 0 aliphatic heterocycles. The molecule has 0 aliphatic carbocycles. The number of rotatable bonds is 4. The van der Waals surface area contributed by atoms with Gasteiger partial charge in [0, 0.05) is 18.9 Å². The van der Waals surface area contributed by atoms with Crippen molar-refractivity contribution in [1.29, 1.82) is 0 Å². The summed E-state index contributed by atoms with van der Waals surface area (Å²) in [5.41, 5.74) is 7.28. The zero-order chi connectivity index (χ0) is 14.1. The molecule has 7 nitrogen and oxygen atoms in total. The van der Waals surface area contributed by atoms with Gasteiger partial charge >= 0.3 is 0 Å². The highest BCUT2D eigenvalue weighted by molar-refractivity contribution is 7.19. The van der Waals surface area contributed by atoms with Crippen molar-refractivity contribution < 1.29 is 9.47 Å². The van der Waals surface area contributed by atoms with E-state index >= 15 is 0 Å². The van der Waals surface area contributed by atoms with Crippen LogP contribution in [0.3, 0.4) is 0 Å². The number of hydrogen-bond acceptors (Lipinski definition) is 7. The van der Waals surface area contributed by atoms with Crippen molar-refractivity contribution in [2.45, 2.75) is 6.61 Å². The van der Waals surface area contributed by atoms with Gasteiger partial charge in [-0.3, -0.25) is 0 Å². The van der Waals surface area contributed by atoms with E-state index in [-0.39, 0.29) is 0 Å². The molecule has 0 saturated carbocycles. The molecule has 0 aliphatic rings. The molecule has 2 aromatic heterocycles. The van der Waals surface area contributed by atoms with E-state index in [2.05, 4.69) is 15.3 Å². The number of ether oxygens (including phenoxy) is 2. The van der Waals surface area contributed by atoms with Gasteiger partial charge in [0.2, 0.25) is 4.96 Å². The molecule has 0 amide bonds. The first-order valence-corrected chi connectivity index (χ1v) is 6.68. The van der Waals surface area contributed by atoms with E-state index in [4.69, 9.17) is 15.2 Å². The van der Waals surface area contributed by atoms with Crippen LogP contribution < -0.4 is 10.5 Å². The molecular formula is C12H13N5O2S. The van der Waals surface area contributed by atoms with Gasteiger partial charge in [0.1, 0.15) is 12.4 Å². The Morgan fingerprint density at radius 3 is 2.90 bits per heavy atom. The van der Waals surface area contributed by atoms with Gasteiger partial charge in [-0.2, -0.15) is 9.61 Å². The van der Waals surface area contributed by atoms with Gasteiger partial charge in [0.15, 0.2) is 10.8 Å². The fourth-order valence-corrected chi connectivity index (χ4v) is 2.76. The number of benzene rings is 1. The zero-order valence-electron chi connectivity index (χ0n) is 11.0. The normalized spacial score (nSPS) is 11.1. The van der Waals surface area contributed by atoms with E-state index in [0.29, 0.717) is 28.8 Å². The SMILES string of the molecule is COCc1nnc2sc(-c3ccc(N)cc3OC)nn12. The number of nitrogen functional groups attached to an aromatic ring is 1. The highest BCUT2D eigenvalue weighted by atomic mass is 32.1. The minimum Gasteiger partial charge on any atom is -0.496 e. The summed E-state index contributed by atoms with van der Waals surface area (Å²) < 4.78 is 12.1. The molecule has 0 unspecified atom stereocenters. The summed E-state index contributed by atoms with van der Waals surface area (Å²) in [5, 5.41) is 13.4. The van der Waals surface area contributed by atoms with E-state index < -0.39 is 0 Å². The van der Waals surface area contributed by atoms with Crippen LogP contribution in [0.1, 0.15) is 5.82 Å². The number of anilines is 1. The maximum atomic E-state index is 5.76. The third-order valence-corrected chi connectivity index (χ3v) is 3.72. The van der Waals surface area contributed by atoms with Gasteiger partial charge in [-0.05, 0) is 12.1 Å². The van der Waals surface area contributed by atoms with Crippen molar-refractivity contribution in [3.63, 3.8) is 0 Å². The van der Waals surface area contributed by atoms with Gasteiger partial charge in [0.05, 0.1) is 12.7 Å². The Morgan fingerprint density at radius 2 is 2.15 bits per heavy atom. The molecule has 2 heterocycles. The molecular weight excluding hydrogens is 278 g/mol. The largest absolute Gasteiger partial charge is 0.496 e. The molecule has 0 saturated heterocycles. The van der Waals surface area contributed by atoms with Gasteiger partial charge in [0.25, 0.3) is 0 Å². The lowest BCUT2D eigenvalue weighted by Gasteiger charge is -2.06. The van der Waals surface area contributed by atoms with Gasteiger partial charge in [-0.1, -0.05) is 11.3 Å². The lowest BCUT2D eigenvalue weighted by atomic mass is 10.2. The first-order valence-electron chi connectivity index (χ1n) is 5.87. The lowest BCUT2D eigenvalue weighted by Crippen LogP contribution is -1.98. The summed E-state index contributed by atoms with van der Waals surface area (Å²) in [6.45, 7) is 0.364. The molecule has 0 radical (unpaired) electrons. The third kappa shape index (κ3) is 2.08. The molecule has 0 bridgehead atoms. The second-order valence-corrected chi connectivity index (χ2v) is 5.07. The highest BCUT2D eigenvalue weighted by Crippen LogP contribution is 2.34. The Morgan fingerprint density at radius 1 is 1.30 bits per heavy atom. The third-order valence-electron chi connectivity index (χ3n) is 2.78. The van der Waals surface area contributed by atoms with Gasteiger partial charge < -0.3 is 15.2 Å². The lowest BCUT2D eigenvalue weighted by molar-refractivity contribution is 0.176. The van der Waals surface area contributed by atoms with Gasteiger partial charge in [-0.15, -0.1) is 10.2 Å². The van der Waals surface area contributed by atoms with Crippen molar-refractivity contribution in [3.8, 4) is 16.3 Å². The minimum atomic E-state index is 0.364. The molecule has 0 fully saturated rings. The number of nitrogens with zero attached hydrogens (tertiary/aromatic N) is 4. The smallest absolute Gasteiger partial charge is 0.235 e. The Bertz CT molecular complexity index is 751. The maximum absolute atomic E-state index is 5.76. The number of aromatic nitrogens is 4. The van der Waals surface area contributed by atoms with E-state index in [1.54, 1.807) is 24.8 Å². The number of fused-ring (bicyclic) bond motifs is 1. The first kappa shape index (κ1) is 12.8. The Hall–Kier alpha value is -2.19. The Labute approximate surface area is 119 Å². The van der Waals surface area contributed by atoms with Crippen LogP contribution in [-0.4, -0.2) is 34.0 Å². The molecule has 0 atom stereocenters. The monoisotopic (exact) mass is 291 g/mol. The van der Waals surface area contributed by atoms with Crippen molar-refractivity contribution in [1.82, 2.24) is 19.8 Å². The zero-order valence-corrected chi connectivity index (χ0v) is 11.8. The molecule has 20 heavy (non-hydrogen) atoms. The van der Waals surface area contributed by atoms with Crippen LogP contribution in [0, 0.1) is 0 Å². The predicted molar refractivity (Wildman–Crippen MR) is 75.8 cm³/mol. The second kappa shape index (κ2) is 5.06. The molecule has 104 valence electrons. The highest BCUT2D eigenvalue weighted by Gasteiger charge is 2.15. The fourth-order valence-electron chi connectivity index (χ4n) is 1.87. The average molecular weight is 291 g/mol. The van der Waals surface area contributed by atoms with E-state index in [0.717, 1.165) is 10.6 Å². The first-order chi connectivity index (χ1) is 9.72. The van der Waals surface area contributed by atoms with Crippen molar-refractivity contribution in [3.05, 3.63) is 24.0 Å². The molecule has 3 aromatic rings. The van der Waals surface area contributed by atoms with Crippen LogP contribution in [0.15, 0.2) is 18.2 Å². The molecule has 8 heteroatoms. The Kier molecular flexibility index (Phi) is 3.25. The van der Waals surface area contributed by atoms with Crippen molar-refractivity contribution in [2.75, 3.05) is 20.0 Å². The second-order valence-electron chi connectivity index (χ2n) is 4.11. The van der Waals surface area contributed by atoms with Crippen LogP contribution in [0.5, 0.6) is 5.75 Å². The topological polar surface area (TPSA) is 87.6 Å². The molecule has 3 rings (SSSR count). The molecule has 0 spiro atoms. The fraction of sp³-hybridized carbons (Fsp3) is 0.250. The van der Waals surface area contributed by atoms with Crippen LogP contribution in [0.4, 0.5) is 5.69 Å². The van der Waals surface area contributed by atoms with E-state index in [1.807, 2.05) is 12.1 Å². The summed E-state index contributed by atoms with van der Waals surface area (Å²) in [7, 11) is 3.21. The van der Waals surface area contributed by atoms with Gasteiger partial charge in [-0.25, -0.2) is 0 Å². The molecule has 2 N–H and O–H groups in total. The Balaban J connectivity index is 2.10. The summed E-state index contributed by atoms with van der Waals surface area (Å²) in [4.78, 5) is 0.714. The van der Waals surface area contributed by atoms with E-state index in [1.165, 1.54) is 11.3 Å². The van der Waals surface area contributed by atoms with Crippen LogP contribution in [-0.2, 0) is 11.3 Å². The number of methoxy groups -OCH3 is 2. The molecule has 1 aromatic carbocycles. The van der Waals surface area contributed by atoms with E-state index in [9.17, 15) is 0 Å².